The number of nitrogens with two attached hydrogens (primary N) is 1. The first-order chi connectivity index (χ1) is 10.7. The maximum Gasteiger partial charge on any atom is 0.251 e. The smallest absolute Gasteiger partial charge is 0.251 e. The quantitative estimate of drug-likeness (QED) is 0.732. The van der Waals surface area contributed by atoms with Crippen LogP contribution in [0.1, 0.15) is 45.2 Å². The summed E-state index contributed by atoms with van der Waals surface area (Å²) in [6.45, 7) is 6.16. The Morgan fingerprint density at radius 3 is 2.57 bits per heavy atom. The minimum atomic E-state index is -3.76. The number of ether oxygens (including phenoxy) is 1. The van der Waals surface area contributed by atoms with E-state index in [0.717, 1.165) is 12.8 Å². The number of primary sulfonamides is 1. The van der Waals surface area contributed by atoms with Crippen LogP contribution >= 0.6 is 0 Å². The van der Waals surface area contributed by atoms with Gasteiger partial charge in [0.2, 0.25) is 10.0 Å². The van der Waals surface area contributed by atoms with Gasteiger partial charge in [0.05, 0.1) is 10.9 Å². The van der Waals surface area contributed by atoms with Gasteiger partial charge in [0.1, 0.15) is 6.10 Å². The Labute approximate surface area is 138 Å². The molecule has 1 amide bonds. The lowest BCUT2D eigenvalue weighted by atomic mass is 10.1. The normalized spacial score (nSPS) is 14.3. The first kappa shape index (κ1) is 19.6. The number of nitrogens with zero attached hydrogens (tertiary/aromatic N) is 1. The average Bonchev–Trinajstić information content (AvgIpc) is 2.52. The van der Waals surface area contributed by atoms with Gasteiger partial charge in [-0.05, 0) is 38.0 Å². The Hall–Kier alpha value is -1.44. The van der Waals surface area contributed by atoms with Gasteiger partial charge in [0, 0.05) is 13.7 Å². The number of rotatable bonds is 8. The van der Waals surface area contributed by atoms with Gasteiger partial charge in [-0.1, -0.05) is 25.5 Å². The van der Waals surface area contributed by atoms with E-state index >= 15 is 0 Å². The van der Waals surface area contributed by atoms with Crippen LogP contribution in [-0.2, 0) is 19.6 Å². The van der Waals surface area contributed by atoms with Gasteiger partial charge in [0.15, 0.2) is 0 Å². The molecule has 0 saturated carbocycles. The number of hydrogen-bond acceptors (Lipinski definition) is 4. The molecule has 1 aromatic rings. The van der Waals surface area contributed by atoms with Crippen LogP contribution in [0.3, 0.4) is 0 Å². The highest BCUT2D eigenvalue weighted by Crippen LogP contribution is 2.22. The van der Waals surface area contributed by atoms with Gasteiger partial charge in [-0.15, -0.1) is 0 Å². The van der Waals surface area contributed by atoms with Crippen molar-refractivity contribution in [3.63, 3.8) is 0 Å². The maximum atomic E-state index is 12.4. The van der Waals surface area contributed by atoms with Crippen molar-refractivity contribution in [2.24, 2.45) is 5.14 Å². The molecule has 1 rings (SSSR count). The molecule has 23 heavy (non-hydrogen) atoms. The molecule has 0 spiro atoms. The maximum absolute atomic E-state index is 12.4. The molecule has 0 heterocycles. The molecule has 0 aliphatic rings. The fraction of sp³-hybridized carbons (Fsp3) is 0.562. The Balaban J connectivity index is 2.83. The predicted molar refractivity (Wildman–Crippen MR) is 89.3 cm³/mol. The van der Waals surface area contributed by atoms with Crippen molar-refractivity contribution in [1.29, 1.82) is 0 Å². The van der Waals surface area contributed by atoms with E-state index in [0.29, 0.717) is 12.2 Å². The van der Waals surface area contributed by atoms with Gasteiger partial charge in [0.25, 0.3) is 5.91 Å². The molecule has 0 aliphatic carbocycles. The Kier molecular flexibility index (Phi) is 7.18. The van der Waals surface area contributed by atoms with Gasteiger partial charge in [-0.25, -0.2) is 13.6 Å². The van der Waals surface area contributed by atoms with Crippen molar-refractivity contribution in [3.8, 4) is 0 Å². The van der Waals surface area contributed by atoms with E-state index in [1.807, 2.05) is 6.92 Å². The largest absolute Gasteiger partial charge is 0.369 e. The Bertz CT molecular complexity index is 631. The number of amides is 1. The molecular formula is C16H26N2O4S. The van der Waals surface area contributed by atoms with Gasteiger partial charge in [-0.2, -0.15) is 0 Å². The highest BCUT2D eigenvalue weighted by atomic mass is 32.2. The molecule has 0 fully saturated rings. The molecule has 6 nitrogen and oxygen atoms in total. The van der Waals surface area contributed by atoms with E-state index in [1.165, 1.54) is 12.1 Å². The van der Waals surface area contributed by atoms with Crippen molar-refractivity contribution in [2.75, 3.05) is 13.7 Å². The first-order valence-corrected chi connectivity index (χ1v) is 9.24. The monoisotopic (exact) mass is 342 g/mol. The van der Waals surface area contributed by atoms with Crippen molar-refractivity contribution in [2.45, 2.75) is 50.7 Å². The fourth-order valence-corrected chi connectivity index (χ4v) is 2.70. The number of carbonyl (C=O) groups excluding carboxylic acids is 1. The summed E-state index contributed by atoms with van der Waals surface area (Å²) in [7, 11) is -2.09. The summed E-state index contributed by atoms with van der Waals surface area (Å²) >= 11 is 0. The van der Waals surface area contributed by atoms with E-state index in [-0.39, 0.29) is 16.8 Å². The zero-order valence-corrected chi connectivity index (χ0v) is 15.0. The predicted octanol–water partition coefficient (Wildman–Crippen LogP) is 2.06. The third-order valence-corrected chi connectivity index (χ3v) is 4.72. The van der Waals surface area contributed by atoms with E-state index in [4.69, 9.17) is 9.88 Å². The minimum Gasteiger partial charge on any atom is -0.369 e. The van der Waals surface area contributed by atoms with E-state index < -0.39 is 16.1 Å². The Morgan fingerprint density at radius 1 is 1.35 bits per heavy atom. The minimum absolute atomic E-state index is 0.0370. The fourth-order valence-electron chi connectivity index (χ4n) is 2.13. The topological polar surface area (TPSA) is 89.7 Å². The zero-order chi connectivity index (χ0) is 17.6. The summed E-state index contributed by atoms with van der Waals surface area (Å²) < 4.78 is 28.4. The van der Waals surface area contributed by atoms with Crippen LogP contribution in [0.25, 0.3) is 0 Å². The molecule has 130 valence electrons. The second kappa shape index (κ2) is 8.42. The Morgan fingerprint density at radius 2 is 2.00 bits per heavy atom. The van der Waals surface area contributed by atoms with Crippen LogP contribution in [0.15, 0.2) is 29.2 Å². The summed E-state index contributed by atoms with van der Waals surface area (Å²) in [6, 6.07) is 6.02. The number of carbonyl (C=O) groups is 1. The van der Waals surface area contributed by atoms with Crippen molar-refractivity contribution >= 4 is 15.9 Å². The van der Waals surface area contributed by atoms with E-state index in [1.54, 1.807) is 31.0 Å². The third kappa shape index (κ3) is 5.60. The molecule has 1 aromatic carbocycles. The lowest BCUT2D eigenvalue weighted by Gasteiger charge is -2.28. The molecule has 2 N–H and O–H groups in total. The second-order valence-electron chi connectivity index (χ2n) is 5.61. The van der Waals surface area contributed by atoms with Crippen LogP contribution in [-0.4, -0.2) is 39.0 Å². The van der Waals surface area contributed by atoms with E-state index in [2.05, 4.69) is 6.92 Å². The van der Waals surface area contributed by atoms with Crippen LogP contribution < -0.4 is 5.14 Å². The molecule has 0 aromatic heterocycles. The zero-order valence-electron chi connectivity index (χ0n) is 14.2. The molecule has 7 heteroatoms. The molecular weight excluding hydrogens is 316 g/mol. The van der Waals surface area contributed by atoms with Gasteiger partial charge in [-0.3, -0.25) is 4.79 Å². The summed E-state index contributed by atoms with van der Waals surface area (Å²) in [4.78, 5) is 14.0. The van der Waals surface area contributed by atoms with Crippen LogP contribution in [0.4, 0.5) is 0 Å². The second-order valence-corrected chi connectivity index (χ2v) is 7.17. The average molecular weight is 342 g/mol. The highest BCUT2D eigenvalue weighted by molar-refractivity contribution is 7.89. The lowest BCUT2D eigenvalue weighted by Crippen LogP contribution is -2.38. The molecule has 0 aliphatic heterocycles. The lowest BCUT2D eigenvalue weighted by molar-refractivity contribution is -0.143. The number of sulfonamides is 1. The summed E-state index contributed by atoms with van der Waals surface area (Å²) in [5.74, 6) is -0.144. The van der Waals surface area contributed by atoms with Gasteiger partial charge >= 0.3 is 0 Å². The highest BCUT2D eigenvalue weighted by Gasteiger charge is 2.23. The SMILES string of the molecule is CCCCOC(C)C(=O)N(C)C(C)c1cccc(S(N)(=O)=O)c1. The molecule has 0 saturated heterocycles. The summed E-state index contributed by atoms with van der Waals surface area (Å²) in [6.07, 6.45) is 1.39. The number of benzene rings is 1. The third-order valence-electron chi connectivity index (χ3n) is 3.81. The van der Waals surface area contributed by atoms with Crippen LogP contribution in [0, 0.1) is 0 Å². The number of unbranched alkanes of at least 4 members (excludes halogenated alkanes) is 1. The van der Waals surface area contributed by atoms with Crippen molar-refractivity contribution < 1.29 is 17.9 Å². The van der Waals surface area contributed by atoms with Crippen molar-refractivity contribution in [1.82, 2.24) is 4.90 Å². The summed E-state index contributed by atoms with van der Waals surface area (Å²) in [5, 5.41) is 5.15. The van der Waals surface area contributed by atoms with Gasteiger partial charge < -0.3 is 9.64 Å². The summed E-state index contributed by atoms with van der Waals surface area (Å²) in [5.41, 5.74) is 0.702. The van der Waals surface area contributed by atoms with Crippen molar-refractivity contribution in [3.05, 3.63) is 29.8 Å². The number of likely N-dealkylation sites (N-methyl/N-ethyl adjacent to an activating group) is 1. The number of hydrogen-bond donors (Lipinski definition) is 1. The molecule has 0 radical (unpaired) electrons. The van der Waals surface area contributed by atoms with E-state index in [9.17, 15) is 13.2 Å². The first-order valence-electron chi connectivity index (χ1n) is 7.69. The standard InChI is InChI=1S/C16H26N2O4S/c1-5-6-10-22-13(3)16(19)18(4)12(2)14-8-7-9-15(11-14)23(17,20)21/h7-9,11-13H,5-6,10H2,1-4H3,(H2,17,20,21). The molecule has 2 unspecified atom stereocenters. The van der Waals surface area contributed by atoms with Crippen LogP contribution in [0.2, 0.25) is 0 Å². The van der Waals surface area contributed by atoms with Crippen LogP contribution in [0.5, 0.6) is 0 Å². The molecule has 0 bridgehead atoms. The molecule has 2 atom stereocenters.